The van der Waals surface area contributed by atoms with Crippen LogP contribution < -0.4 is 0 Å². The number of nitrogens with zero attached hydrogens (tertiary/aromatic N) is 2. The number of carbonyl (C=O) groups is 1. The fourth-order valence-electron chi connectivity index (χ4n) is 2.45. The van der Waals surface area contributed by atoms with Crippen LogP contribution in [-0.2, 0) is 0 Å². The van der Waals surface area contributed by atoms with Gasteiger partial charge in [0, 0.05) is 11.8 Å². The van der Waals surface area contributed by atoms with Gasteiger partial charge in [-0.15, -0.1) is 0 Å². The molecule has 0 aliphatic carbocycles. The SMILES string of the molecule is CC(C)c1ccc(-c2c(C(=O)O)nc3ccccn23)cc1. The van der Waals surface area contributed by atoms with E-state index in [-0.39, 0.29) is 5.69 Å². The summed E-state index contributed by atoms with van der Waals surface area (Å²) < 4.78 is 1.81. The Labute approximate surface area is 122 Å². The van der Waals surface area contributed by atoms with E-state index in [2.05, 4.69) is 18.8 Å². The molecule has 0 atom stereocenters. The third kappa shape index (κ3) is 2.29. The number of benzene rings is 1. The molecule has 0 amide bonds. The molecule has 0 saturated heterocycles. The molecule has 4 nitrogen and oxygen atoms in total. The molecular weight excluding hydrogens is 264 g/mol. The normalized spacial score (nSPS) is 11.2. The first-order chi connectivity index (χ1) is 10.1. The van der Waals surface area contributed by atoms with Crippen LogP contribution in [0.15, 0.2) is 48.7 Å². The summed E-state index contributed by atoms with van der Waals surface area (Å²) in [6, 6.07) is 13.5. The van der Waals surface area contributed by atoms with E-state index in [0.717, 1.165) is 5.56 Å². The summed E-state index contributed by atoms with van der Waals surface area (Å²) >= 11 is 0. The molecule has 4 heteroatoms. The Morgan fingerprint density at radius 1 is 1.14 bits per heavy atom. The topological polar surface area (TPSA) is 54.6 Å². The molecule has 0 aliphatic heterocycles. The molecule has 0 bridgehead atoms. The van der Waals surface area contributed by atoms with Crippen molar-refractivity contribution in [2.45, 2.75) is 19.8 Å². The summed E-state index contributed by atoms with van der Waals surface area (Å²) in [4.78, 5) is 15.7. The average Bonchev–Trinajstić information content (AvgIpc) is 2.87. The van der Waals surface area contributed by atoms with Crippen LogP contribution in [0.2, 0.25) is 0 Å². The van der Waals surface area contributed by atoms with Crippen molar-refractivity contribution in [2.75, 3.05) is 0 Å². The quantitative estimate of drug-likeness (QED) is 0.793. The highest BCUT2D eigenvalue weighted by Crippen LogP contribution is 2.27. The number of carboxylic acid groups (broad SMARTS) is 1. The second kappa shape index (κ2) is 5.05. The zero-order valence-electron chi connectivity index (χ0n) is 11.9. The van der Waals surface area contributed by atoms with E-state index in [9.17, 15) is 9.90 Å². The second-order valence-electron chi connectivity index (χ2n) is 5.32. The van der Waals surface area contributed by atoms with E-state index in [4.69, 9.17) is 0 Å². The number of hydrogen-bond acceptors (Lipinski definition) is 2. The molecule has 106 valence electrons. The first kappa shape index (κ1) is 13.4. The molecule has 3 aromatic rings. The number of imidazole rings is 1. The number of fused-ring (bicyclic) bond motifs is 1. The van der Waals surface area contributed by atoms with Crippen molar-refractivity contribution in [3.63, 3.8) is 0 Å². The Hall–Kier alpha value is -2.62. The van der Waals surface area contributed by atoms with Gasteiger partial charge in [0.25, 0.3) is 0 Å². The molecule has 0 unspecified atom stereocenters. The highest BCUT2D eigenvalue weighted by Gasteiger charge is 2.19. The van der Waals surface area contributed by atoms with E-state index in [1.807, 2.05) is 47.0 Å². The minimum absolute atomic E-state index is 0.0819. The van der Waals surface area contributed by atoms with Crippen LogP contribution in [0.3, 0.4) is 0 Å². The van der Waals surface area contributed by atoms with E-state index >= 15 is 0 Å². The summed E-state index contributed by atoms with van der Waals surface area (Å²) in [7, 11) is 0. The highest BCUT2D eigenvalue weighted by molar-refractivity contribution is 5.94. The lowest BCUT2D eigenvalue weighted by Gasteiger charge is -2.07. The van der Waals surface area contributed by atoms with Gasteiger partial charge in [-0.05, 0) is 23.6 Å². The molecule has 2 aromatic heterocycles. The maximum Gasteiger partial charge on any atom is 0.356 e. The third-order valence-corrected chi connectivity index (χ3v) is 3.58. The van der Waals surface area contributed by atoms with Crippen molar-refractivity contribution in [3.05, 3.63) is 59.9 Å². The minimum Gasteiger partial charge on any atom is -0.476 e. The fraction of sp³-hybridized carbons (Fsp3) is 0.176. The molecule has 0 fully saturated rings. The van der Waals surface area contributed by atoms with Gasteiger partial charge in [-0.25, -0.2) is 9.78 Å². The lowest BCUT2D eigenvalue weighted by molar-refractivity contribution is 0.0692. The first-order valence-corrected chi connectivity index (χ1v) is 6.88. The summed E-state index contributed by atoms with van der Waals surface area (Å²) in [6.45, 7) is 4.26. The van der Waals surface area contributed by atoms with Gasteiger partial charge < -0.3 is 5.11 Å². The number of aromatic nitrogens is 2. The third-order valence-electron chi connectivity index (χ3n) is 3.58. The monoisotopic (exact) mass is 280 g/mol. The zero-order chi connectivity index (χ0) is 15.0. The standard InChI is InChI=1S/C17H16N2O2/c1-11(2)12-6-8-13(9-7-12)16-15(17(20)21)18-14-5-3-4-10-19(14)16/h3-11H,1-2H3,(H,20,21). The Morgan fingerprint density at radius 3 is 2.48 bits per heavy atom. The van der Waals surface area contributed by atoms with Crippen LogP contribution in [0.4, 0.5) is 0 Å². The van der Waals surface area contributed by atoms with Crippen molar-refractivity contribution >= 4 is 11.6 Å². The van der Waals surface area contributed by atoms with Crippen LogP contribution >= 0.6 is 0 Å². The van der Waals surface area contributed by atoms with Gasteiger partial charge >= 0.3 is 5.97 Å². The predicted octanol–water partition coefficient (Wildman–Crippen LogP) is 3.82. The lowest BCUT2D eigenvalue weighted by Crippen LogP contribution is -2.00. The summed E-state index contributed by atoms with van der Waals surface area (Å²) in [6.07, 6.45) is 1.83. The van der Waals surface area contributed by atoms with Crippen molar-refractivity contribution in [1.29, 1.82) is 0 Å². The van der Waals surface area contributed by atoms with Crippen LogP contribution in [0.25, 0.3) is 16.9 Å². The van der Waals surface area contributed by atoms with Crippen molar-refractivity contribution < 1.29 is 9.90 Å². The number of pyridine rings is 1. The molecule has 1 N–H and O–H groups in total. The average molecular weight is 280 g/mol. The van der Waals surface area contributed by atoms with E-state index in [0.29, 0.717) is 17.3 Å². The zero-order valence-corrected chi connectivity index (χ0v) is 11.9. The largest absolute Gasteiger partial charge is 0.476 e. The molecule has 2 heterocycles. The van der Waals surface area contributed by atoms with Crippen molar-refractivity contribution in [2.24, 2.45) is 0 Å². The number of hydrogen-bond donors (Lipinski definition) is 1. The molecule has 0 saturated carbocycles. The fourth-order valence-corrected chi connectivity index (χ4v) is 2.45. The van der Waals surface area contributed by atoms with E-state index in [1.54, 1.807) is 6.07 Å². The number of carboxylic acids is 1. The van der Waals surface area contributed by atoms with Gasteiger partial charge in [0.2, 0.25) is 0 Å². The maximum atomic E-state index is 11.5. The van der Waals surface area contributed by atoms with Crippen molar-refractivity contribution in [1.82, 2.24) is 9.38 Å². The lowest BCUT2D eigenvalue weighted by atomic mass is 10.0. The molecule has 1 aromatic carbocycles. The molecule has 3 rings (SSSR count). The molecular formula is C17H16N2O2. The summed E-state index contributed by atoms with van der Waals surface area (Å²) in [5.74, 6) is -0.568. The van der Waals surface area contributed by atoms with Crippen LogP contribution in [-0.4, -0.2) is 20.5 Å². The van der Waals surface area contributed by atoms with Gasteiger partial charge in [0.15, 0.2) is 5.69 Å². The molecule has 0 spiro atoms. The summed E-state index contributed by atoms with van der Waals surface area (Å²) in [5, 5.41) is 9.40. The first-order valence-electron chi connectivity index (χ1n) is 6.88. The van der Waals surface area contributed by atoms with Gasteiger partial charge in [-0.2, -0.15) is 0 Å². The van der Waals surface area contributed by atoms with E-state index in [1.165, 1.54) is 5.56 Å². The number of rotatable bonds is 3. The Kier molecular flexibility index (Phi) is 3.22. The number of aromatic carboxylic acids is 1. The minimum atomic E-state index is -1.01. The van der Waals surface area contributed by atoms with Crippen LogP contribution in [0, 0.1) is 0 Å². The smallest absolute Gasteiger partial charge is 0.356 e. The molecule has 0 radical (unpaired) electrons. The Balaban J connectivity index is 2.22. The molecule has 21 heavy (non-hydrogen) atoms. The Morgan fingerprint density at radius 2 is 1.86 bits per heavy atom. The van der Waals surface area contributed by atoms with Gasteiger partial charge in [0.05, 0.1) is 5.69 Å². The van der Waals surface area contributed by atoms with Crippen LogP contribution in [0.1, 0.15) is 35.8 Å². The maximum absolute atomic E-state index is 11.5. The highest BCUT2D eigenvalue weighted by atomic mass is 16.4. The molecule has 0 aliphatic rings. The van der Waals surface area contributed by atoms with Crippen molar-refractivity contribution in [3.8, 4) is 11.3 Å². The van der Waals surface area contributed by atoms with Gasteiger partial charge in [0.1, 0.15) is 5.65 Å². The predicted molar refractivity (Wildman–Crippen MR) is 81.7 cm³/mol. The van der Waals surface area contributed by atoms with E-state index < -0.39 is 5.97 Å². The second-order valence-corrected chi connectivity index (χ2v) is 5.32. The van der Waals surface area contributed by atoms with Gasteiger partial charge in [-0.3, -0.25) is 4.40 Å². The van der Waals surface area contributed by atoms with Gasteiger partial charge in [-0.1, -0.05) is 44.2 Å². The van der Waals surface area contributed by atoms with Crippen LogP contribution in [0.5, 0.6) is 0 Å². The summed E-state index contributed by atoms with van der Waals surface area (Å²) in [5.41, 5.74) is 3.42. The Bertz CT molecular complexity index is 801.